The molecule has 6 nitrogen and oxygen atoms in total. The predicted molar refractivity (Wildman–Crippen MR) is 110 cm³/mol. The second-order valence-corrected chi connectivity index (χ2v) is 8.29. The number of methoxy groups -OCH3 is 1. The van der Waals surface area contributed by atoms with Crippen molar-refractivity contribution < 1.29 is 14.2 Å². The minimum Gasteiger partial charge on any atom is -0.490 e. The predicted octanol–water partition coefficient (Wildman–Crippen LogP) is 4.53. The van der Waals surface area contributed by atoms with Crippen LogP contribution in [-0.2, 0) is 21.5 Å². The normalized spacial score (nSPS) is 15.5. The summed E-state index contributed by atoms with van der Waals surface area (Å²) in [7, 11) is 1.67. The van der Waals surface area contributed by atoms with Crippen LogP contribution in [0.1, 0.15) is 50.7 Å². The minimum atomic E-state index is -0.141. The Morgan fingerprint density at radius 3 is 2.54 bits per heavy atom. The maximum atomic E-state index is 6.16. The maximum Gasteiger partial charge on any atom is 0.136 e. The molecule has 0 saturated carbocycles. The zero-order valence-corrected chi connectivity index (χ0v) is 17.5. The Morgan fingerprint density at radius 1 is 1.14 bits per heavy atom. The molecule has 28 heavy (non-hydrogen) atoms. The van der Waals surface area contributed by atoms with Crippen molar-refractivity contribution in [1.82, 2.24) is 9.97 Å². The first kappa shape index (κ1) is 20.6. The van der Waals surface area contributed by atoms with Gasteiger partial charge in [0.25, 0.3) is 0 Å². The molecule has 0 amide bonds. The lowest BCUT2D eigenvalue weighted by Gasteiger charge is -2.24. The number of anilines is 2. The van der Waals surface area contributed by atoms with Crippen molar-refractivity contribution in [3.05, 3.63) is 41.3 Å². The standard InChI is InChI=1S/C22H31N3O3/c1-15-12-16(6-7-19(15)28-18-8-10-27-11-9-18)23-20-13-17(14-26-5)24-21(25-20)22(2,3)4/h6-7,12-13,18H,8-11,14H2,1-5H3,(H,23,24,25). The molecule has 1 fully saturated rings. The van der Waals surface area contributed by atoms with E-state index in [1.807, 2.05) is 18.2 Å². The van der Waals surface area contributed by atoms with Crippen molar-refractivity contribution in [2.75, 3.05) is 25.6 Å². The molecule has 1 aromatic heterocycles. The van der Waals surface area contributed by atoms with Crippen LogP contribution in [0.2, 0.25) is 0 Å². The molecule has 1 saturated heterocycles. The van der Waals surface area contributed by atoms with Crippen LogP contribution in [0.4, 0.5) is 11.5 Å². The summed E-state index contributed by atoms with van der Waals surface area (Å²) in [6, 6.07) is 8.07. The topological polar surface area (TPSA) is 65.5 Å². The average Bonchev–Trinajstić information content (AvgIpc) is 2.64. The van der Waals surface area contributed by atoms with E-state index in [0.29, 0.717) is 6.61 Å². The highest BCUT2D eigenvalue weighted by Gasteiger charge is 2.20. The van der Waals surface area contributed by atoms with Crippen LogP contribution >= 0.6 is 0 Å². The van der Waals surface area contributed by atoms with Crippen LogP contribution in [0, 0.1) is 6.92 Å². The van der Waals surface area contributed by atoms with Crippen molar-refractivity contribution in [2.24, 2.45) is 0 Å². The average molecular weight is 386 g/mol. The monoisotopic (exact) mass is 385 g/mol. The van der Waals surface area contributed by atoms with E-state index in [2.05, 4.69) is 44.1 Å². The number of nitrogens with zero attached hydrogens (tertiary/aromatic N) is 2. The van der Waals surface area contributed by atoms with E-state index in [4.69, 9.17) is 19.2 Å². The molecule has 152 valence electrons. The molecule has 1 aromatic carbocycles. The van der Waals surface area contributed by atoms with Gasteiger partial charge in [-0.1, -0.05) is 20.8 Å². The molecule has 6 heteroatoms. The van der Waals surface area contributed by atoms with E-state index < -0.39 is 0 Å². The molecular weight excluding hydrogens is 354 g/mol. The lowest BCUT2D eigenvalue weighted by atomic mass is 9.95. The van der Waals surface area contributed by atoms with E-state index in [1.54, 1.807) is 7.11 Å². The van der Waals surface area contributed by atoms with Crippen LogP contribution in [-0.4, -0.2) is 36.4 Å². The molecule has 0 spiro atoms. The number of aryl methyl sites for hydroxylation is 1. The van der Waals surface area contributed by atoms with Crippen LogP contribution in [0.15, 0.2) is 24.3 Å². The van der Waals surface area contributed by atoms with Gasteiger partial charge in [0.05, 0.1) is 25.5 Å². The molecule has 2 heterocycles. The van der Waals surface area contributed by atoms with Crippen molar-refractivity contribution in [3.63, 3.8) is 0 Å². The molecule has 0 unspecified atom stereocenters. The summed E-state index contributed by atoms with van der Waals surface area (Å²) in [5, 5.41) is 3.40. The molecule has 0 bridgehead atoms. The largest absolute Gasteiger partial charge is 0.490 e. The second-order valence-electron chi connectivity index (χ2n) is 8.29. The number of ether oxygens (including phenoxy) is 3. The third-order valence-corrected chi connectivity index (χ3v) is 4.65. The van der Waals surface area contributed by atoms with Crippen LogP contribution in [0.3, 0.4) is 0 Å². The number of hydrogen-bond donors (Lipinski definition) is 1. The first-order valence-corrected chi connectivity index (χ1v) is 9.84. The van der Waals surface area contributed by atoms with Gasteiger partial charge in [-0.25, -0.2) is 9.97 Å². The fraction of sp³-hybridized carbons (Fsp3) is 0.545. The summed E-state index contributed by atoms with van der Waals surface area (Å²) in [5.74, 6) is 2.49. The van der Waals surface area contributed by atoms with Crippen LogP contribution in [0.25, 0.3) is 0 Å². The molecule has 3 rings (SSSR count). The molecule has 2 aromatic rings. The second kappa shape index (κ2) is 8.88. The Hall–Kier alpha value is -2.18. The lowest BCUT2D eigenvalue weighted by Crippen LogP contribution is -2.26. The summed E-state index contributed by atoms with van der Waals surface area (Å²) >= 11 is 0. The van der Waals surface area contributed by atoms with Crippen molar-refractivity contribution in [2.45, 2.75) is 58.7 Å². The molecule has 1 N–H and O–H groups in total. The van der Waals surface area contributed by atoms with Gasteiger partial charge >= 0.3 is 0 Å². The van der Waals surface area contributed by atoms with E-state index >= 15 is 0 Å². The Kier molecular flexibility index (Phi) is 6.52. The highest BCUT2D eigenvalue weighted by molar-refractivity contribution is 5.59. The molecule has 0 radical (unpaired) electrons. The summed E-state index contributed by atoms with van der Waals surface area (Å²) in [6.45, 7) is 10.4. The maximum absolute atomic E-state index is 6.16. The van der Waals surface area contributed by atoms with Gasteiger partial charge in [0.1, 0.15) is 23.5 Å². The first-order chi connectivity index (χ1) is 13.3. The Balaban J connectivity index is 1.77. The number of nitrogens with one attached hydrogen (secondary N) is 1. The van der Waals surface area contributed by atoms with Gasteiger partial charge in [0, 0.05) is 37.1 Å². The van der Waals surface area contributed by atoms with Gasteiger partial charge in [-0.15, -0.1) is 0 Å². The van der Waals surface area contributed by atoms with Crippen LogP contribution in [0.5, 0.6) is 5.75 Å². The van der Waals surface area contributed by atoms with Crippen molar-refractivity contribution >= 4 is 11.5 Å². The summed E-state index contributed by atoms with van der Waals surface area (Å²) in [4.78, 5) is 9.33. The Labute approximate surface area is 167 Å². The fourth-order valence-electron chi connectivity index (χ4n) is 3.10. The van der Waals surface area contributed by atoms with E-state index in [1.165, 1.54) is 0 Å². The number of rotatable bonds is 6. The zero-order valence-electron chi connectivity index (χ0n) is 17.5. The Morgan fingerprint density at radius 2 is 1.89 bits per heavy atom. The zero-order chi connectivity index (χ0) is 20.1. The van der Waals surface area contributed by atoms with Gasteiger partial charge < -0.3 is 19.5 Å². The van der Waals surface area contributed by atoms with E-state index in [-0.39, 0.29) is 11.5 Å². The summed E-state index contributed by atoms with van der Waals surface area (Å²) in [5.41, 5.74) is 2.79. The highest BCUT2D eigenvalue weighted by atomic mass is 16.5. The number of benzene rings is 1. The van der Waals surface area contributed by atoms with Gasteiger partial charge in [-0.2, -0.15) is 0 Å². The van der Waals surface area contributed by atoms with Gasteiger partial charge in [-0.05, 0) is 30.7 Å². The van der Waals surface area contributed by atoms with Crippen LogP contribution < -0.4 is 10.1 Å². The van der Waals surface area contributed by atoms with Crippen molar-refractivity contribution in [1.29, 1.82) is 0 Å². The molecule has 1 aliphatic rings. The summed E-state index contributed by atoms with van der Waals surface area (Å²) in [6.07, 6.45) is 2.12. The molecule has 1 aliphatic heterocycles. The SMILES string of the molecule is COCc1cc(Nc2ccc(OC3CCOCC3)c(C)c2)nc(C(C)(C)C)n1. The molecule has 0 aliphatic carbocycles. The molecular formula is C22H31N3O3. The smallest absolute Gasteiger partial charge is 0.136 e. The third kappa shape index (κ3) is 5.42. The number of aromatic nitrogens is 2. The fourth-order valence-corrected chi connectivity index (χ4v) is 3.10. The van der Waals surface area contributed by atoms with E-state index in [0.717, 1.165) is 60.4 Å². The summed E-state index contributed by atoms with van der Waals surface area (Å²) < 4.78 is 16.8. The third-order valence-electron chi connectivity index (χ3n) is 4.65. The minimum absolute atomic E-state index is 0.141. The van der Waals surface area contributed by atoms with Gasteiger partial charge in [-0.3, -0.25) is 0 Å². The van der Waals surface area contributed by atoms with E-state index in [9.17, 15) is 0 Å². The first-order valence-electron chi connectivity index (χ1n) is 9.84. The lowest BCUT2D eigenvalue weighted by molar-refractivity contribution is 0.0253. The van der Waals surface area contributed by atoms with Gasteiger partial charge in [0.2, 0.25) is 0 Å². The van der Waals surface area contributed by atoms with Gasteiger partial charge in [0.15, 0.2) is 0 Å². The molecule has 0 atom stereocenters. The number of hydrogen-bond acceptors (Lipinski definition) is 6. The van der Waals surface area contributed by atoms with Crippen molar-refractivity contribution in [3.8, 4) is 5.75 Å². The quantitative estimate of drug-likeness (QED) is 0.788. The highest BCUT2D eigenvalue weighted by Crippen LogP contribution is 2.27. The Bertz CT molecular complexity index is 796.